The molecule has 0 unspecified atom stereocenters. The van der Waals surface area contributed by atoms with E-state index < -0.39 is 5.69 Å². The Morgan fingerprint density at radius 2 is 1.72 bits per heavy atom. The van der Waals surface area contributed by atoms with Gasteiger partial charge >= 0.3 is 11.4 Å². The number of benzene rings is 1. The van der Waals surface area contributed by atoms with Crippen LogP contribution in [0.3, 0.4) is 0 Å². The second-order valence-electron chi connectivity index (χ2n) is 3.94. The van der Waals surface area contributed by atoms with E-state index in [4.69, 9.17) is 16.3 Å². The molecule has 2 aromatic rings. The first-order chi connectivity index (χ1) is 8.68. The van der Waals surface area contributed by atoms with Gasteiger partial charge < -0.3 is 4.74 Å². The predicted octanol–water partition coefficient (Wildman–Crippen LogP) is 0.442. The summed E-state index contributed by atoms with van der Waals surface area (Å²) in [4.78, 5) is 24.2. The second kappa shape index (κ2) is 4.15. The molecule has 6 nitrogen and oxygen atoms in total. The summed E-state index contributed by atoms with van der Waals surface area (Å²) >= 11 is 5.78. The Hall–Kier alpha value is -1.79. The molecule has 0 saturated heterocycles. The highest BCUT2D eigenvalue weighted by Gasteiger charge is 2.19. The van der Waals surface area contributed by atoms with Crippen molar-refractivity contribution >= 4 is 11.6 Å². The number of halogens is 1. The molecule has 0 fully saturated rings. The maximum absolute atomic E-state index is 12.1. The molecule has 94 valence electrons. The minimum absolute atomic E-state index is 0.106. The quantitative estimate of drug-likeness (QED) is 0.753. The van der Waals surface area contributed by atoms with Gasteiger partial charge in [-0.1, -0.05) is 11.6 Å². The van der Waals surface area contributed by atoms with Crippen LogP contribution in [0, 0.1) is 0 Å². The van der Waals surface area contributed by atoms with Gasteiger partial charge in [0.15, 0.2) is 0 Å². The Labute approximate surface area is 107 Å². The van der Waals surface area contributed by atoms with Crippen molar-refractivity contribution in [1.82, 2.24) is 13.9 Å². The fourth-order valence-electron chi connectivity index (χ4n) is 1.97. The average Bonchev–Trinajstić information content (AvgIpc) is 2.64. The lowest BCUT2D eigenvalue weighted by Gasteiger charge is -2.14. The van der Waals surface area contributed by atoms with Crippen LogP contribution in [0.4, 0.5) is 0 Å². The van der Waals surface area contributed by atoms with Crippen molar-refractivity contribution in [3.63, 3.8) is 0 Å². The zero-order valence-electron chi connectivity index (χ0n) is 9.38. The van der Waals surface area contributed by atoms with E-state index in [2.05, 4.69) is 0 Å². The van der Waals surface area contributed by atoms with E-state index in [-0.39, 0.29) is 12.4 Å². The van der Waals surface area contributed by atoms with Crippen LogP contribution in [0.1, 0.15) is 0 Å². The van der Waals surface area contributed by atoms with Gasteiger partial charge in [-0.2, -0.15) is 0 Å². The molecule has 0 radical (unpaired) electrons. The Morgan fingerprint density at radius 3 is 2.39 bits per heavy atom. The average molecular weight is 268 g/mol. The fraction of sp³-hybridized carbons (Fsp3) is 0.273. The molecule has 0 spiro atoms. The number of nitrogens with zero attached hydrogens (tertiary/aromatic N) is 3. The van der Waals surface area contributed by atoms with E-state index >= 15 is 0 Å². The van der Waals surface area contributed by atoms with Crippen LogP contribution in [-0.4, -0.2) is 20.5 Å². The van der Waals surface area contributed by atoms with Gasteiger partial charge in [0.2, 0.25) is 0 Å². The van der Waals surface area contributed by atoms with Crippen molar-refractivity contribution < 1.29 is 4.74 Å². The molecule has 1 aliphatic heterocycles. The van der Waals surface area contributed by atoms with Gasteiger partial charge in [-0.05, 0) is 24.3 Å². The van der Waals surface area contributed by atoms with Crippen molar-refractivity contribution in [3.05, 3.63) is 50.3 Å². The minimum Gasteiger partial charge on any atom is -0.357 e. The van der Waals surface area contributed by atoms with E-state index in [0.29, 0.717) is 23.9 Å². The van der Waals surface area contributed by atoms with Gasteiger partial charge in [0.25, 0.3) is 0 Å². The molecule has 1 aliphatic rings. The van der Waals surface area contributed by atoms with Gasteiger partial charge in [0.1, 0.15) is 6.73 Å². The van der Waals surface area contributed by atoms with Crippen LogP contribution in [0.5, 0.6) is 0 Å². The Morgan fingerprint density at radius 1 is 1.06 bits per heavy atom. The summed E-state index contributed by atoms with van der Waals surface area (Å²) in [5.74, 6) is 0. The molecule has 0 atom stereocenters. The highest BCUT2D eigenvalue weighted by molar-refractivity contribution is 6.30. The summed E-state index contributed by atoms with van der Waals surface area (Å²) < 4.78 is 8.97. The van der Waals surface area contributed by atoms with E-state index in [1.54, 1.807) is 24.3 Å². The monoisotopic (exact) mass is 267 g/mol. The van der Waals surface area contributed by atoms with Crippen LogP contribution in [0.15, 0.2) is 33.9 Å². The third-order valence-corrected chi connectivity index (χ3v) is 3.11. The standard InChI is InChI=1S/C11H10ClN3O3/c12-8-1-3-9(4-2-8)15-10(16)13-5-6-18-7-14(13)11(15)17/h1-4H,5-7H2. The lowest BCUT2D eigenvalue weighted by Crippen LogP contribution is -2.33. The first kappa shape index (κ1) is 11.3. The normalized spacial score (nSPS) is 14.5. The highest BCUT2D eigenvalue weighted by atomic mass is 35.5. The first-order valence-electron chi connectivity index (χ1n) is 5.45. The van der Waals surface area contributed by atoms with E-state index in [1.807, 2.05) is 0 Å². The molecule has 0 N–H and O–H groups in total. The lowest BCUT2D eigenvalue weighted by molar-refractivity contribution is 0.0119. The smallest absolute Gasteiger partial charge is 0.354 e. The Balaban J connectivity index is 2.24. The molecule has 7 heteroatoms. The number of hydrogen-bond donors (Lipinski definition) is 0. The lowest BCUT2D eigenvalue weighted by atomic mass is 10.3. The molecular weight excluding hydrogens is 258 g/mol. The molecule has 3 rings (SSSR count). The zero-order chi connectivity index (χ0) is 12.7. The third-order valence-electron chi connectivity index (χ3n) is 2.86. The number of hydrogen-bond acceptors (Lipinski definition) is 3. The molecule has 1 aromatic carbocycles. The van der Waals surface area contributed by atoms with Crippen LogP contribution < -0.4 is 11.4 Å². The third kappa shape index (κ3) is 1.61. The summed E-state index contributed by atoms with van der Waals surface area (Å²) in [6.45, 7) is 0.924. The number of aromatic nitrogens is 3. The van der Waals surface area contributed by atoms with Crippen molar-refractivity contribution in [2.45, 2.75) is 13.3 Å². The predicted molar refractivity (Wildman–Crippen MR) is 65.3 cm³/mol. The van der Waals surface area contributed by atoms with Crippen molar-refractivity contribution in [1.29, 1.82) is 0 Å². The topological polar surface area (TPSA) is 58.2 Å². The van der Waals surface area contributed by atoms with Gasteiger partial charge in [-0.3, -0.25) is 0 Å². The molecule has 1 aromatic heterocycles. The minimum atomic E-state index is -0.401. The number of rotatable bonds is 1. The molecule has 0 bridgehead atoms. The van der Waals surface area contributed by atoms with Crippen LogP contribution in [0.2, 0.25) is 5.02 Å². The molecule has 2 heterocycles. The molecule has 0 saturated carbocycles. The molecular formula is C11H10ClN3O3. The highest BCUT2D eigenvalue weighted by Crippen LogP contribution is 2.11. The maximum Gasteiger partial charge on any atom is 0.354 e. The summed E-state index contributed by atoms with van der Waals surface area (Å²) in [6, 6.07) is 6.55. The first-order valence-corrected chi connectivity index (χ1v) is 5.82. The summed E-state index contributed by atoms with van der Waals surface area (Å²) in [6.07, 6.45) is 0. The van der Waals surface area contributed by atoms with E-state index in [1.165, 1.54) is 9.36 Å². The van der Waals surface area contributed by atoms with Gasteiger partial charge in [-0.15, -0.1) is 0 Å². The van der Waals surface area contributed by atoms with E-state index in [0.717, 1.165) is 4.57 Å². The summed E-state index contributed by atoms with van der Waals surface area (Å²) in [5, 5.41) is 0.555. The fourth-order valence-corrected chi connectivity index (χ4v) is 2.10. The number of ether oxygens (including phenoxy) is 1. The van der Waals surface area contributed by atoms with Crippen molar-refractivity contribution in [2.24, 2.45) is 0 Å². The van der Waals surface area contributed by atoms with E-state index in [9.17, 15) is 9.59 Å². The Kier molecular flexibility index (Phi) is 2.61. The van der Waals surface area contributed by atoms with Gasteiger partial charge in [0, 0.05) is 5.02 Å². The molecule has 0 amide bonds. The summed E-state index contributed by atoms with van der Waals surface area (Å²) in [7, 11) is 0. The second-order valence-corrected chi connectivity index (χ2v) is 4.37. The number of fused-ring (bicyclic) bond motifs is 1. The van der Waals surface area contributed by atoms with Crippen LogP contribution >= 0.6 is 11.6 Å². The van der Waals surface area contributed by atoms with Crippen LogP contribution in [0.25, 0.3) is 5.69 Å². The SMILES string of the molecule is O=c1n(-c2ccc(Cl)cc2)c(=O)n2n1CCOC2. The van der Waals surface area contributed by atoms with Gasteiger partial charge in [0.05, 0.1) is 18.8 Å². The largest absolute Gasteiger partial charge is 0.357 e. The van der Waals surface area contributed by atoms with Crippen LogP contribution in [-0.2, 0) is 18.0 Å². The molecule has 0 aliphatic carbocycles. The molecule has 18 heavy (non-hydrogen) atoms. The summed E-state index contributed by atoms with van der Waals surface area (Å²) in [5.41, 5.74) is -0.253. The van der Waals surface area contributed by atoms with Crippen molar-refractivity contribution in [2.75, 3.05) is 6.61 Å². The zero-order valence-corrected chi connectivity index (χ0v) is 10.1. The van der Waals surface area contributed by atoms with Crippen molar-refractivity contribution in [3.8, 4) is 5.69 Å². The Bertz CT molecular complexity index is 658. The van der Waals surface area contributed by atoms with Gasteiger partial charge in [-0.25, -0.2) is 23.5 Å². The maximum atomic E-state index is 12.1.